The fourth-order valence-corrected chi connectivity index (χ4v) is 6.52. The number of anilines is 1. The van der Waals surface area contributed by atoms with Crippen molar-refractivity contribution >= 4 is 52.6 Å². The molecule has 2 aromatic heterocycles. The van der Waals surface area contributed by atoms with E-state index in [2.05, 4.69) is 5.10 Å². The Morgan fingerprint density at radius 1 is 1.13 bits per heavy atom. The van der Waals surface area contributed by atoms with Crippen LogP contribution in [0.25, 0.3) is 5.52 Å². The first kappa shape index (κ1) is 31.7. The lowest BCUT2D eigenvalue weighted by Crippen LogP contribution is -2.41. The molecule has 6 rings (SSSR count). The molecule has 4 aromatic rings. The van der Waals surface area contributed by atoms with Gasteiger partial charge in [0, 0.05) is 23.5 Å². The SMILES string of the molecule is CC1(C)OB(c2ccc(CCN(c3cn4nc(Cc5ccc(F)cc5)c(C(N)=O)c4cc3C3CC3)S(=O)O)cc2Cl)OC1(C)C. The molecule has 1 amide bonds. The lowest BCUT2D eigenvalue weighted by Gasteiger charge is -2.32. The van der Waals surface area contributed by atoms with E-state index in [1.807, 2.05) is 52.0 Å². The number of pyridine rings is 1. The number of hydrogen-bond donors (Lipinski definition) is 2. The van der Waals surface area contributed by atoms with Crippen molar-refractivity contribution < 1.29 is 27.3 Å². The second kappa shape index (κ2) is 11.8. The van der Waals surface area contributed by atoms with Gasteiger partial charge in [-0.3, -0.25) is 13.7 Å². The molecule has 3 heterocycles. The summed E-state index contributed by atoms with van der Waals surface area (Å²) < 4.78 is 52.0. The second-order valence-corrected chi connectivity index (χ2v) is 14.0. The van der Waals surface area contributed by atoms with Crippen LogP contribution in [0.15, 0.2) is 54.7 Å². The number of benzene rings is 2. The van der Waals surface area contributed by atoms with E-state index < -0.39 is 35.5 Å². The van der Waals surface area contributed by atoms with Crippen LogP contribution in [0.5, 0.6) is 0 Å². The van der Waals surface area contributed by atoms with Gasteiger partial charge in [0.25, 0.3) is 17.2 Å². The van der Waals surface area contributed by atoms with Gasteiger partial charge in [-0.25, -0.2) is 13.1 Å². The number of rotatable bonds is 10. The number of hydrogen-bond acceptors (Lipinski definition) is 5. The highest BCUT2D eigenvalue weighted by molar-refractivity contribution is 7.80. The van der Waals surface area contributed by atoms with Gasteiger partial charge >= 0.3 is 7.12 Å². The average Bonchev–Trinajstić information content (AvgIpc) is 3.69. The van der Waals surface area contributed by atoms with Crippen LogP contribution in [0.1, 0.15) is 79.2 Å². The smallest absolute Gasteiger partial charge is 0.399 e. The normalized spacial score (nSPS) is 18.0. The van der Waals surface area contributed by atoms with Crippen molar-refractivity contribution in [1.82, 2.24) is 9.61 Å². The molecular weight excluding hydrogens is 618 g/mol. The molecule has 0 radical (unpaired) electrons. The van der Waals surface area contributed by atoms with Crippen molar-refractivity contribution in [2.24, 2.45) is 5.73 Å². The molecule has 0 spiro atoms. The molecule has 0 bridgehead atoms. The maximum atomic E-state index is 13.5. The number of halogens is 2. The van der Waals surface area contributed by atoms with Gasteiger partial charge in [-0.15, -0.1) is 0 Å². The van der Waals surface area contributed by atoms with Crippen LogP contribution in [0, 0.1) is 5.82 Å². The standard InChI is InChI=1S/C32H35BClFN4O5S/c1-31(2)32(3,4)44-33(43-31)24-12-7-20(15-25(24)34)13-14-39(45(41)42)28-18-38-27(17-23(28)21-8-9-21)29(30(36)40)26(37-38)16-19-5-10-22(35)11-6-19/h5-7,10-12,15,17-18,21H,8-9,13-14,16H2,1-4H3,(H2,36,40)(H,41,42). The molecule has 1 saturated carbocycles. The third kappa shape index (κ3) is 6.26. The molecule has 2 aromatic carbocycles. The van der Waals surface area contributed by atoms with E-state index in [9.17, 15) is 17.9 Å². The molecule has 1 saturated heterocycles. The van der Waals surface area contributed by atoms with Crippen molar-refractivity contribution in [3.05, 3.63) is 93.5 Å². The summed E-state index contributed by atoms with van der Waals surface area (Å²) in [4.78, 5) is 12.6. The Kier molecular flexibility index (Phi) is 8.32. The maximum Gasteiger partial charge on any atom is 0.496 e. The fraction of sp³-hybridized carbons (Fsp3) is 0.375. The summed E-state index contributed by atoms with van der Waals surface area (Å²) in [5.74, 6) is -0.802. The van der Waals surface area contributed by atoms with Crippen LogP contribution < -0.4 is 15.5 Å². The minimum atomic E-state index is -2.35. The van der Waals surface area contributed by atoms with Crippen molar-refractivity contribution in [3.8, 4) is 0 Å². The highest BCUT2D eigenvalue weighted by Crippen LogP contribution is 2.45. The lowest BCUT2D eigenvalue weighted by atomic mass is 9.78. The number of amides is 1. The number of carbonyl (C=O) groups excluding carboxylic acids is 1. The van der Waals surface area contributed by atoms with Crippen LogP contribution in [0.2, 0.25) is 5.02 Å². The molecule has 45 heavy (non-hydrogen) atoms. The summed E-state index contributed by atoms with van der Waals surface area (Å²) in [5, 5.41) is 5.14. The Morgan fingerprint density at radius 3 is 2.36 bits per heavy atom. The van der Waals surface area contributed by atoms with E-state index in [1.165, 1.54) is 21.0 Å². The van der Waals surface area contributed by atoms with Crippen LogP contribution in [0.4, 0.5) is 10.1 Å². The van der Waals surface area contributed by atoms with Crippen molar-refractivity contribution in [2.45, 2.75) is 70.5 Å². The number of fused-ring (bicyclic) bond motifs is 1. The molecule has 1 aliphatic heterocycles. The van der Waals surface area contributed by atoms with Crippen molar-refractivity contribution in [2.75, 3.05) is 10.8 Å². The highest BCUT2D eigenvalue weighted by Gasteiger charge is 2.52. The number of nitrogens with zero attached hydrogens (tertiary/aromatic N) is 3. The van der Waals surface area contributed by atoms with Crippen LogP contribution in [-0.2, 0) is 33.4 Å². The zero-order valence-corrected chi connectivity index (χ0v) is 27.1. The Morgan fingerprint density at radius 2 is 1.78 bits per heavy atom. The molecule has 2 fully saturated rings. The van der Waals surface area contributed by atoms with E-state index in [4.69, 9.17) is 26.6 Å². The van der Waals surface area contributed by atoms with Gasteiger partial charge in [0.2, 0.25) is 0 Å². The Bertz CT molecular complexity index is 1800. The van der Waals surface area contributed by atoms with E-state index in [0.29, 0.717) is 28.3 Å². The number of nitrogens with two attached hydrogens (primary N) is 1. The van der Waals surface area contributed by atoms with Gasteiger partial charge in [-0.05, 0) is 93.8 Å². The average molecular weight is 653 g/mol. The van der Waals surface area contributed by atoms with E-state index in [0.717, 1.165) is 35.0 Å². The molecule has 3 N–H and O–H groups in total. The molecule has 1 aliphatic carbocycles. The van der Waals surface area contributed by atoms with Gasteiger partial charge < -0.3 is 15.0 Å². The number of primary amides is 1. The Labute approximate surface area is 269 Å². The summed E-state index contributed by atoms with van der Waals surface area (Å²) in [6, 6.07) is 13.5. The van der Waals surface area contributed by atoms with Gasteiger partial charge in [-0.2, -0.15) is 5.10 Å². The first-order valence-electron chi connectivity index (χ1n) is 14.9. The highest BCUT2D eigenvalue weighted by atomic mass is 35.5. The summed E-state index contributed by atoms with van der Waals surface area (Å²) in [6.45, 7) is 8.15. The number of carbonyl (C=O) groups is 1. The summed E-state index contributed by atoms with van der Waals surface area (Å²) in [6.07, 6.45) is 4.24. The van der Waals surface area contributed by atoms with Crippen LogP contribution >= 0.6 is 11.6 Å². The first-order valence-corrected chi connectivity index (χ1v) is 16.3. The van der Waals surface area contributed by atoms with Crippen LogP contribution in [0.3, 0.4) is 0 Å². The topological polar surface area (TPSA) is 119 Å². The van der Waals surface area contributed by atoms with Crippen LogP contribution in [-0.4, -0.2) is 49.1 Å². The molecule has 9 nitrogen and oxygen atoms in total. The largest absolute Gasteiger partial charge is 0.496 e. The monoisotopic (exact) mass is 652 g/mol. The molecule has 13 heteroatoms. The van der Waals surface area contributed by atoms with Crippen molar-refractivity contribution in [1.29, 1.82) is 0 Å². The van der Waals surface area contributed by atoms with Gasteiger partial charge in [0.1, 0.15) is 5.82 Å². The summed E-state index contributed by atoms with van der Waals surface area (Å²) >= 11 is 4.34. The third-order valence-corrected chi connectivity index (χ3v) is 10.1. The summed E-state index contributed by atoms with van der Waals surface area (Å²) in [7, 11) is -0.599. The predicted molar refractivity (Wildman–Crippen MR) is 174 cm³/mol. The fourth-order valence-electron chi connectivity index (χ4n) is 5.66. The quantitative estimate of drug-likeness (QED) is 0.180. The molecule has 1 unspecified atom stereocenters. The zero-order chi connectivity index (χ0) is 32.3. The Balaban J connectivity index is 1.29. The number of aromatic nitrogens is 2. The Hall–Kier alpha value is -3.29. The van der Waals surface area contributed by atoms with Gasteiger partial charge in [0.05, 0.1) is 39.9 Å². The van der Waals surface area contributed by atoms with E-state index in [-0.39, 0.29) is 30.3 Å². The van der Waals surface area contributed by atoms with Gasteiger partial charge in [-0.1, -0.05) is 35.9 Å². The molecular formula is C32H35BClFN4O5S. The van der Waals surface area contributed by atoms with E-state index in [1.54, 1.807) is 18.3 Å². The lowest BCUT2D eigenvalue weighted by molar-refractivity contribution is 0.00578. The second-order valence-electron chi connectivity index (χ2n) is 12.7. The third-order valence-electron chi connectivity index (χ3n) is 9.03. The maximum absolute atomic E-state index is 13.5. The summed E-state index contributed by atoms with van der Waals surface area (Å²) in [5.41, 5.74) is 9.85. The van der Waals surface area contributed by atoms with Crippen molar-refractivity contribution in [3.63, 3.8) is 0 Å². The molecule has 236 valence electrons. The minimum absolute atomic E-state index is 0.181. The first-order chi connectivity index (χ1) is 21.2. The van der Waals surface area contributed by atoms with E-state index >= 15 is 0 Å². The molecule has 2 aliphatic rings. The predicted octanol–water partition coefficient (Wildman–Crippen LogP) is 5.18. The van der Waals surface area contributed by atoms with Gasteiger partial charge in [0.15, 0.2) is 0 Å². The zero-order valence-electron chi connectivity index (χ0n) is 25.5. The minimum Gasteiger partial charge on any atom is -0.399 e. The molecule has 1 atom stereocenters.